The van der Waals surface area contributed by atoms with Crippen LogP contribution in [0, 0.1) is 0 Å². The Labute approximate surface area is 121 Å². The Morgan fingerprint density at radius 3 is 2.58 bits per heavy atom. The summed E-state index contributed by atoms with van der Waals surface area (Å²) in [4.78, 5) is 14.4. The van der Waals surface area contributed by atoms with Crippen LogP contribution in [-0.4, -0.2) is 43.2 Å². The summed E-state index contributed by atoms with van der Waals surface area (Å²) in [5.41, 5.74) is 0.626. The fourth-order valence-electron chi connectivity index (χ4n) is 2.31. The molecule has 1 aliphatic rings. The largest absolute Gasteiger partial charge is 0.497 e. The fourth-order valence-corrected chi connectivity index (χ4v) is 2.73. The molecule has 104 valence electrons. The number of hydrogen-bond acceptors (Lipinski definition) is 3. The number of halogens is 1. The molecule has 1 aromatic rings. The maximum absolute atomic E-state index is 12.6. The van der Waals surface area contributed by atoms with Gasteiger partial charge in [-0.25, -0.2) is 0 Å². The number of morpholine rings is 1. The molecule has 4 nitrogen and oxygen atoms in total. The van der Waals surface area contributed by atoms with Gasteiger partial charge in [0.2, 0.25) is 0 Å². The normalized spacial score (nSPS) is 23.3. The first-order valence-electron chi connectivity index (χ1n) is 6.29. The summed E-state index contributed by atoms with van der Waals surface area (Å²) >= 11 is 3.42. The summed E-state index contributed by atoms with van der Waals surface area (Å²) in [5.74, 6) is 0.689. The Kier molecular flexibility index (Phi) is 4.47. The second-order valence-corrected chi connectivity index (χ2v) is 5.67. The molecule has 1 saturated heterocycles. The first-order chi connectivity index (χ1) is 9.01. The molecule has 0 radical (unpaired) electrons. The highest BCUT2D eigenvalue weighted by Gasteiger charge is 2.27. The standard InChI is InChI=1S/C14H18BrNO3/c1-9-7-16(8-10(2)19-9)14(17)12-6-11(18-3)4-5-13(12)15/h4-6,9-10H,7-8H2,1-3H3. The molecule has 1 aliphatic heterocycles. The number of nitrogens with zero attached hydrogens (tertiary/aromatic N) is 1. The number of ether oxygens (including phenoxy) is 2. The number of methoxy groups -OCH3 is 1. The van der Waals surface area contributed by atoms with Gasteiger partial charge < -0.3 is 14.4 Å². The fraction of sp³-hybridized carbons (Fsp3) is 0.500. The zero-order valence-corrected chi connectivity index (χ0v) is 12.9. The highest BCUT2D eigenvalue weighted by atomic mass is 79.9. The quantitative estimate of drug-likeness (QED) is 0.838. The highest BCUT2D eigenvalue weighted by Crippen LogP contribution is 2.25. The van der Waals surface area contributed by atoms with Crippen LogP contribution in [0.25, 0.3) is 0 Å². The van der Waals surface area contributed by atoms with Crippen molar-refractivity contribution in [3.8, 4) is 5.75 Å². The molecule has 5 heteroatoms. The minimum absolute atomic E-state index is 0.00720. The minimum atomic E-state index is 0.00720. The highest BCUT2D eigenvalue weighted by molar-refractivity contribution is 9.10. The predicted octanol–water partition coefficient (Wildman–Crippen LogP) is 2.71. The molecule has 0 aliphatic carbocycles. The lowest BCUT2D eigenvalue weighted by molar-refractivity contribution is -0.0586. The van der Waals surface area contributed by atoms with Gasteiger partial charge in [-0.05, 0) is 48.0 Å². The maximum atomic E-state index is 12.6. The molecule has 0 saturated carbocycles. The topological polar surface area (TPSA) is 38.8 Å². The van der Waals surface area contributed by atoms with Crippen LogP contribution in [-0.2, 0) is 4.74 Å². The first-order valence-corrected chi connectivity index (χ1v) is 7.09. The lowest BCUT2D eigenvalue weighted by atomic mass is 10.1. The minimum Gasteiger partial charge on any atom is -0.497 e. The van der Waals surface area contributed by atoms with Gasteiger partial charge in [0.25, 0.3) is 5.91 Å². The molecule has 0 aromatic heterocycles. The van der Waals surface area contributed by atoms with E-state index in [1.165, 1.54) is 0 Å². The Morgan fingerprint density at radius 2 is 2.00 bits per heavy atom. The number of amides is 1. The van der Waals surface area contributed by atoms with Crippen molar-refractivity contribution in [2.75, 3.05) is 20.2 Å². The van der Waals surface area contributed by atoms with E-state index in [0.717, 1.165) is 4.47 Å². The van der Waals surface area contributed by atoms with Gasteiger partial charge in [-0.15, -0.1) is 0 Å². The van der Waals surface area contributed by atoms with Crippen molar-refractivity contribution in [3.05, 3.63) is 28.2 Å². The van der Waals surface area contributed by atoms with Crippen LogP contribution in [0.1, 0.15) is 24.2 Å². The van der Waals surface area contributed by atoms with Crippen LogP contribution < -0.4 is 4.74 Å². The second kappa shape index (κ2) is 5.92. The molecule has 0 N–H and O–H groups in total. The lowest BCUT2D eigenvalue weighted by Crippen LogP contribution is -2.48. The monoisotopic (exact) mass is 327 g/mol. The number of hydrogen-bond donors (Lipinski definition) is 0. The zero-order chi connectivity index (χ0) is 14.0. The predicted molar refractivity (Wildman–Crippen MR) is 76.6 cm³/mol. The smallest absolute Gasteiger partial charge is 0.255 e. The SMILES string of the molecule is COc1ccc(Br)c(C(=O)N2CC(C)OC(C)C2)c1. The lowest BCUT2D eigenvalue weighted by Gasteiger charge is -2.35. The summed E-state index contributed by atoms with van der Waals surface area (Å²) in [6.07, 6.45) is 0.133. The molecule has 2 rings (SSSR count). The number of carbonyl (C=O) groups is 1. The van der Waals surface area contributed by atoms with Crippen molar-refractivity contribution in [2.45, 2.75) is 26.1 Å². The molecular weight excluding hydrogens is 310 g/mol. The molecule has 2 atom stereocenters. The Hall–Kier alpha value is -1.07. The van der Waals surface area contributed by atoms with Crippen LogP contribution >= 0.6 is 15.9 Å². The molecule has 0 bridgehead atoms. The third-order valence-electron chi connectivity index (χ3n) is 3.11. The summed E-state index contributed by atoms with van der Waals surface area (Å²) < 4.78 is 11.6. The molecule has 2 unspecified atom stereocenters. The van der Waals surface area contributed by atoms with E-state index in [4.69, 9.17) is 9.47 Å². The summed E-state index contributed by atoms with van der Waals surface area (Å²) in [6.45, 7) is 5.20. The summed E-state index contributed by atoms with van der Waals surface area (Å²) in [6, 6.07) is 5.42. The summed E-state index contributed by atoms with van der Waals surface area (Å²) in [5, 5.41) is 0. The van der Waals surface area contributed by atoms with Crippen LogP contribution in [0.4, 0.5) is 0 Å². The molecule has 1 heterocycles. The van der Waals surface area contributed by atoms with E-state index < -0.39 is 0 Å². The van der Waals surface area contributed by atoms with Gasteiger partial charge in [0, 0.05) is 17.6 Å². The van der Waals surface area contributed by atoms with Gasteiger partial charge in [-0.3, -0.25) is 4.79 Å². The van der Waals surface area contributed by atoms with E-state index in [1.54, 1.807) is 13.2 Å². The van der Waals surface area contributed by atoms with Crippen molar-refractivity contribution in [3.63, 3.8) is 0 Å². The summed E-state index contributed by atoms with van der Waals surface area (Å²) in [7, 11) is 1.59. The van der Waals surface area contributed by atoms with Crippen molar-refractivity contribution in [2.24, 2.45) is 0 Å². The van der Waals surface area contributed by atoms with Gasteiger partial charge in [0.05, 0.1) is 24.9 Å². The third-order valence-corrected chi connectivity index (χ3v) is 3.80. The first kappa shape index (κ1) is 14.3. The van der Waals surface area contributed by atoms with E-state index in [1.807, 2.05) is 30.9 Å². The third kappa shape index (κ3) is 3.28. The number of rotatable bonds is 2. The van der Waals surface area contributed by atoms with E-state index >= 15 is 0 Å². The Balaban J connectivity index is 2.23. The molecular formula is C14H18BrNO3. The van der Waals surface area contributed by atoms with Gasteiger partial charge in [-0.1, -0.05) is 0 Å². The Morgan fingerprint density at radius 1 is 1.37 bits per heavy atom. The van der Waals surface area contributed by atoms with E-state index in [-0.39, 0.29) is 18.1 Å². The van der Waals surface area contributed by atoms with Crippen LogP contribution in [0.3, 0.4) is 0 Å². The maximum Gasteiger partial charge on any atom is 0.255 e. The van der Waals surface area contributed by atoms with E-state index in [9.17, 15) is 4.79 Å². The molecule has 19 heavy (non-hydrogen) atoms. The zero-order valence-electron chi connectivity index (χ0n) is 11.4. The van der Waals surface area contributed by atoms with Gasteiger partial charge in [0.15, 0.2) is 0 Å². The van der Waals surface area contributed by atoms with Gasteiger partial charge in [-0.2, -0.15) is 0 Å². The van der Waals surface area contributed by atoms with Gasteiger partial charge >= 0.3 is 0 Å². The average Bonchev–Trinajstić information content (AvgIpc) is 2.37. The molecule has 1 aromatic carbocycles. The molecule has 1 amide bonds. The number of benzene rings is 1. The van der Waals surface area contributed by atoms with Gasteiger partial charge in [0.1, 0.15) is 5.75 Å². The average molecular weight is 328 g/mol. The van der Waals surface area contributed by atoms with Crippen LogP contribution in [0.5, 0.6) is 5.75 Å². The van der Waals surface area contributed by atoms with Crippen LogP contribution in [0.15, 0.2) is 22.7 Å². The Bertz CT molecular complexity index is 468. The van der Waals surface area contributed by atoms with Crippen molar-refractivity contribution in [1.29, 1.82) is 0 Å². The van der Waals surface area contributed by atoms with E-state index in [2.05, 4.69) is 15.9 Å². The van der Waals surface area contributed by atoms with E-state index in [0.29, 0.717) is 24.4 Å². The second-order valence-electron chi connectivity index (χ2n) is 4.81. The van der Waals surface area contributed by atoms with Crippen molar-refractivity contribution in [1.82, 2.24) is 4.90 Å². The van der Waals surface area contributed by atoms with Crippen molar-refractivity contribution >= 4 is 21.8 Å². The molecule has 0 spiro atoms. The van der Waals surface area contributed by atoms with Crippen molar-refractivity contribution < 1.29 is 14.3 Å². The number of carbonyl (C=O) groups excluding carboxylic acids is 1. The van der Waals surface area contributed by atoms with Crippen LogP contribution in [0.2, 0.25) is 0 Å². The molecule has 1 fully saturated rings.